The van der Waals surface area contributed by atoms with Crippen molar-refractivity contribution in [1.29, 1.82) is 0 Å². The van der Waals surface area contributed by atoms with Gasteiger partial charge in [0.15, 0.2) is 0 Å². The van der Waals surface area contributed by atoms with Crippen molar-refractivity contribution in [3.63, 3.8) is 0 Å². The molecule has 0 atom stereocenters. The summed E-state index contributed by atoms with van der Waals surface area (Å²) in [6.45, 7) is 0. The minimum absolute atomic E-state index is 0.109. The molecule has 0 saturated carbocycles. The molecule has 3 N–H and O–H groups in total. The lowest BCUT2D eigenvalue weighted by atomic mass is 10.1. The summed E-state index contributed by atoms with van der Waals surface area (Å²) in [5.41, 5.74) is 7.14. The molecule has 0 aliphatic heterocycles. The molecule has 0 bridgehead atoms. The van der Waals surface area contributed by atoms with Crippen LogP contribution in [0.15, 0.2) is 40.8 Å². The fourth-order valence-corrected chi connectivity index (χ4v) is 1.47. The first-order chi connectivity index (χ1) is 7.65. The van der Waals surface area contributed by atoms with Gasteiger partial charge in [-0.25, -0.2) is 0 Å². The van der Waals surface area contributed by atoms with Crippen molar-refractivity contribution in [3.8, 4) is 11.3 Å². The van der Waals surface area contributed by atoms with Crippen LogP contribution in [0.2, 0.25) is 0 Å². The number of carbonyl (C=O) groups is 1. The molecular formula is C12H11NO3. The van der Waals surface area contributed by atoms with Gasteiger partial charge in [0, 0.05) is 11.3 Å². The summed E-state index contributed by atoms with van der Waals surface area (Å²) in [5.74, 6) is 0.155. The van der Waals surface area contributed by atoms with Gasteiger partial charge in [-0.05, 0) is 24.3 Å². The Morgan fingerprint density at radius 2 is 2.12 bits per heavy atom. The number of aliphatic carboxylic acids is 1. The monoisotopic (exact) mass is 217 g/mol. The molecule has 1 aromatic heterocycles. The summed E-state index contributed by atoms with van der Waals surface area (Å²) in [4.78, 5) is 10.5. The number of carboxylic acids is 1. The number of hydrogen-bond acceptors (Lipinski definition) is 3. The summed E-state index contributed by atoms with van der Waals surface area (Å²) in [5, 5.41) is 8.61. The molecule has 4 nitrogen and oxygen atoms in total. The minimum atomic E-state index is -0.909. The van der Waals surface area contributed by atoms with E-state index < -0.39 is 5.97 Å². The first-order valence-electron chi connectivity index (χ1n) is 4.81. The van der Waals surface area contributed by atoms with Crippen molar-refractivity contribution in [2.45, 2.75) is 6.42 Å². The molecule has 0 amide bonds. The first-order valence-corrected chi connectivity index (χ1v) is 4.81. The molecule has 0 fully saturated rings. The van der Waals surface area contributed by atoms with E-state index in [1.54, 1.807) is 24.3 Å². The van der Waals surface area contributed by atoms with Crippen LogP contribution in [0.1, 0.15) is 5.76 Å². The molecule has 0 aliphatic carbocycles. The Bertz CT molecular complexity index is 516. The molecule has 1 aromatic carbocycles. The van der Waals surface area contributed by atoms with Gasteiger partial charge < -0.3 is 15.3 Å². The van der Waals surface area contributed by atoms with Crippen molar-refractivity contribution >= 4 is 11.7 Å². The Morgan fingerprint density at radius 1 is 1.31 bits per heavy atom. The quantitative estimate of drug-likeness (QED) is 0.772. The highest BCUT2D eigenvalue weighted by molar-refractivity contribution is 5.70. The zero-order valence-electron chi connectivity index (χ0n) is 8.51. The van der Waals surface area contributed by atoms with Crippen LogP contribution in [0.5, 0.6) is 0 Å². The number of hydrogen-bond donors (Lipinski definition) is 2. The van der Waals surface area contributed by atoms with Crippen LogP contribution in [0, 0.1) is 0 Å². The van der Waals surface area contributed by atoms with Crippen LogP contribution in [0.4, 0.5) is 5.69 Å². The minimum Gasteiger partial charge on any atom is -0.481 e. The van der Waals surface area contributed by atoms with Crippen molar-refractivity contribution < 1.29 is 14.3 Å². The SMILES string of the molecule is Nc1cccc(-c2ccc(CC(=O)O)o2)c1. The van der Waals surface area contributed by atoms with Gasteiger partial charge in [-0.1, -0.05) is 12.1 Å². The highest BCUT2D eigenvalue weighted by Crippen LogP contribution is 2.23. The van der Waals surface area contributed by atoms with Gasteiger partial charge in [0.25, 0.3) is 0 Å². The largest absolute Gasteiger partial charge is 0.481 e. The van der Waals surface area contributed by atoms with Crippen molar-refractivity contribution in [2.24, 2.45) is 0 Å². The standard InChI is InChI=1S/C12H11NO3/c13-9-3-1-2-8(6-9)11-5-4-10(16-11)7-12(14)15/h1-6H,7,13H2,(H,14,15). The van der Waals surface area contributed by atoms with Gasteiger partial charge >= 0.3 is 5.97 Å². The molecule has 0 radical (unpaired) electrons. The Hall–Kier alpha value is -2.23. The van der Waals surface area contributed by atoms with E-state index in [-0.39, 0.29) is 6.42 Å². The fourth-order valence-electron chi connectivity index (χ4n) is 1.47. The smallest absolute Gasteiger partial charge is 0.311 e. The zero-order chi connectivity index (χ0) is 11.5. The number of nitrogen functional groups attached to an aromatic ring is 1. The third kappa shape index (κ3) is 2.23. The topological polar surface area (TPSA) is 76.5 Å². The third-order valence-corrected chi connectivity index (χ3v) is 2.16. The molecule has 2 rings (SSSR count). The van der Waals surface area contributed by atoms with Crippen LogP contribution in [-0.4, -0.2) is 11.1 Å². The Morgan fingerprint density at radius 3 is 2.81 bits per heavy atom. The maximum Gasteiger partial charge on any atom is 0.311 e. The molecule has 4 heteroatoms. The second-order valence-corrected chi connectivity index (χ2v) is 3.46. The van der Waals surface area contributed by atoms with E-state index in [1.807, 2.05) is 12.1 Å². The Kier molecular flexibility index (Phi) is 2.64. The lowest BCUT2D eigenvalue weighted by Crippen LogP contribution is -1.97. The van der Waals surface area contributed by atoms with Crippen LogP contribution in [0.25, 0.3) is 11.3 Å². The molecule has 2 aromatic rings. The summed E-state index contributed by atoms with van der Waals surface area (Å²) in [6.07, 6.45) is -0.109. The van der Waals surface area contributed by atoms with E-state index >= 15 is 0 Å². The molecule has 0 saturated heterocycles. The average Bonchev–Trinajstić information content (AvgIpc) is 2.65. The summed E-state index contributed by atoms with van der Waals surface area (Å²) in [6, 6.07) is 10.7. The molecule has 0 aliphatic rings. The van der Waals surface area contributed by atoms with Crippen LogP contribution < -0.4 is 5.73 Å². The molecular weight excluding hydrogens is 206 g/mol. The number of benzene rings is 1. The predicted molar refractivity (Wildman–Crippen MR) is 59.9 cm³/mol. The van der Waals surface area contributed by atoms with Crippen molar-refractivity contribution in [1.82, 2.24) is 0 Å². The summed E-state index contributed by atoms with van der Waals surface area (Å²) >= 11 is 0. The normalized spacial score (nSPS) is 10.2. The predicted octanol–water partition coefficient (Wildman–Crippen LogP) is 2.16. The maximum atomic E-state index is 10.5. The molecule has 1 heterocycles. The first kappa shape index (κ1) is 10.3. The van der Waals surface area contributed by atoms with E-state index in [9.17, 15) is 4.79 Å². The van der Waals surface area contributed by atoms with Crippen LogP contribution >= 0.6 is 0 Å². The number of nitrogens with two attached hydrogens (primary N) is 1. The van der Waals surface area contributed by atoms with Crippen molar-refractivity contribution in [3.05, 3.63) is 42.2 Å². The lowest BCUT2D eigenvalue weighted by molar-refractivity contribution is -0.136. The van der Waals surface area contributed by atoms with Crippen LogP contribution in [-0.2, 0) is 11.2 Å². The second kappa shape index (κ2) is 4.10. The van der Waals surface area contributed by atoms with Gasteiger partial charge in [0.05, 0.1) is 0 Å². The van der Waals surface area contributed by atoms with Gasteiger partial charge in [-0.3, -0.25) is 4.79 Å². The highest BCUT2D eigenvalue weighted by Gasteiger charge is 2.07. The van der Waals surface area contributed by atoms with Crippen molar-refractivity contribution in [2.75, 3.05) is 5.73 Å². The highest BCUT2D eigenvalue weighted by atomic mass is 16.4. The Balaban J connectivity index is 2.28. The average molecular weight is 217 g/mol. The molecule has 0 spiro atoms. The van der Waals surface area contributed by atoms with E-state index in [2.05, 4.69) is 0 Å². The van der Waals surface area contributed by atoms with Gasteiger partial charge in [0.1, 0.15) is 17.9 Å². The van der Waals surface area contributed by atoms with E-state index in [1.165, 1.54) is 0 Å². The molecule has 16 heavy (non-hydrogen) atoms. The van der Waals surface area contributed by atoms with E-state index in [0.717, 1.165) is 5.56 Å². The van der Waals surface area contributed by atoms with Gasteiger partial charge in [-0.15, -0.1) is 0 Å². The summed E-state index contributed by atoms with van der Waals surface area (Å²) in [7, 11) is 0. The number of furan rings is 1. The Labute approximate surface area is 92.3 Å². The van der Waals surface area contributed by atoms with E-state index in [4.69, 9.17) is 15.3 Å². The number of anilines is 1. The number of rotatable bonds is 3. The maximum absolute atomic E-state index is 10.5. The summed E-state index contributed by atoms with van der Waals surface area (Å²) < 4.78 is 5.40. The molecule has 0 unspecified atom stereocenters. The third-order valence-electron chi connectivity index (χ3n) is 2.16. The lowest BCUT2D eigenvalue weighted by Gasteiger charge is -1.98. The van der Waals surface area contributed by atoms with Crippen LogP contribution in [0.3, 0.4) is 0 Å². The van der Waals surface area contributed by atoms with E-state index in [0.29, 0.717) is 17.2 Å². The zero-order valence-corrected chi connectivity index (χ0v) is 8.51. The fraction of sp³-hybridized carbons (Fsp3) is 0.0833. The van der Waals surface area contributed by atoms with Gasteiger partial charge in [0.2, 0.25) is 0 Å². The van der Waals surface area contributed by atoms with Gasteiger partial charge in [-0.2, -0.15) is 0 Å². The second-order valence-electron chi connectivity index (χ2n) is 3.46. The molecule has 82 valence electrons. The number of carboxylic acid groups (broad SMARTS) is 1.